The van der Waals surface area contributed by atoms with E-state index < -0.39 is 6.11 Å². The fraction of sp³-hybridized carbons (Fsp3) is 0.292. The molecule has 0 saturated carbocycles. The molecule has 0 spiro atoms. The molecule has 0 radical (unpaired) electrons. The number of pyridine rings is 1. The minimum Gasteiger partial charge on any atom is -0.433 e. The van der Waals surface area contributed by atoms with E-state index in [0.717, 1.165) is 22.6 Å². The second-order valence-electron chi connectivity index (χ2n) is 7.83. The highest BCUT2D eigenvalue weighted by Crippen LogP contribution is 2.27. The molecule has 0 fully saturated rings. The van der Waals surface area contributed by atoms with Crippen molar-refractivity contribution in [3.8, 4) is 28.6 Å². The number of benzene rings is 1. The molecule has 3 heterocycles. The maximum Gasteiger partial charge on any atom is 0.394 e. The Kier molecular flexibility index (Phi) is 6.87. The fourth-order valence-electron chi connectivity index (χ4n) is 3.34. The van der Waals surface area contributed by atoms with Crippen molar-refractivity contribution < 1.29 is 22.8 Å². The lowest BCUT2D eigenvalue weighted by Gasteiger charge is -2.12. The second kappa shape index (κ2) is 10.0. The average molecular weight is 469 g/mol. The summed E-state index contributed by atoms with van der Waals surface area (Å²) in [5, 5.41) is 7.21. The number of alkyl halides is 2. The molecule has 0 aliphatic rings. The third-order valence-electron chi connectivity index (χ3n) is 4.98. The Bertz CT molecular complexity index is 1210. The van der Waals surface area contributed by atoms with Crippen LogP contribution in [0.5, 0.6) is 5.75 Å². The molecular weight excluding hydrogens is 444 g/mol. The number of methoxy groups -OCH3 is 1. The zero-order valence-electron chi connectivity index (χ0n) is 19.1. The number of rotatable bonds is 10. The number of hydrogen-bond donors (Lipinski definition) is 1. The Balaban J connectivity index is 1.43. The van der Waals surface area contributed by atoms with E-state index in [1.165, 1.54) is 12.1 Å². The predicted molar refractivity (Wildman–Crippen MR) is 123 cm³/mol. The first-order valence-corrected chi connectivity index (χ1v) is 10.7. The van der Waals surface area contributed by atoms with E-state index in [1.54, 1.807) is 19.2 Å². The molecular formula is C24H25F2N5O3. The van der Waals surface area contributed by atoms with Crippen molar-refractivity contribution >= 4 is 5.82 Å². The third-order valence-corrected chi connectivity index (χ3v) is 4.98. The van der Waals surface area contributed by atoms with Crippen molar-refractivity contribution in [2.75, 3.05) is 25.6 Å². The first-order valence-electron chi connectivity index (χ1n) is 10.7. The van der Waals surface area contributed by atoms with E-state index in [-0.39, 0.29) is 5.75 Å². The number of aromatic nitrogens is 4. The van der Waals surface area contributed by atoms with Gasteiger partial charge in [-0.25, -0.2) is 4.98 Å². The van der Waals surface area contributed by atoms with Crippen LogP contribution in [0.15, 0.2) is 59.4 Å². The monoisotopic (exact) mass is 469 g/mol. The fourth-order valence-corrected chi connectivity index (χ4v) is 3.34. The summed E-state index contributed by atoms with van der Waals surface area (Å²) in [7, 11) is 1.66. The number of hydrogen-bond acceptors (Lipinski definition) is 7. The molecule has 34 heavy (non-hydrogen) atoms. The highest BCUT2D eigenvalue weighted by atomic mass is 19.3. The second-order valence-corrected chi connectivity index (χ2v) is 7.83. The van der Waals surface area contributed by atoms with Gasteiger partial charge in [-0.15, -0.1) is 0 Å². The Morgan fingerprint density at radius 3 is 2.59 bits per heavy atom. The van der Waals surface area contributed by atoms with Crippen LogP contribution in [0.1, 0.15) is 18.2 Å². The van der Waals surface area contributed by atoms with E-state index >= 15 is 0 Å². The molecule has 178 valence electrons. The van der Waals surface area contributed by atoms with Crippen LogP contribution < -0.4 is 10.1 Å². The summed E-state index contributed by atoms with van der Waals surface area (Å²) in [5.74, 6) is 1.58. The highest BCUT2D eigenvalue weighted by molar-refractivity contribution is 5.60. The van der Waals surface area contributed by atoms with Crippen LogP contribution in [0, 0.1) is 6.92 Å². The summed E-state index contributed by atoms with van der Waals surface area (Å²) in [5.41, 5.74) is 3.49. The van der Waals surface area contributed by atoms with Crippen molar-refractivity contribution in [3.05, 3.63) is 66.1 Å². The first-order chi connectivity index (χ1) is 16.3. The minimum atomic E-state index is -3.25. The molecule has 0 amide bonds. The van der Waals surface area contributed by atoms with E-state index in [2.05, 4.69) is 29.7 Å². The van der Waals surface area contributed by atoms with Gasteiger partial charge in [-0.05, 0) is 48.9 Å². The van der Waals surface area contributed by atoms with Crippen LogP contribution in [0.2, 0.25) is 0 Å². The van der Waals surface area contributed by atoms with Gasteiger partial charge in [0.1, 0.15) is 11.6 Å². The highest BCUT2D eigenvalue weighted by Gasteiger charge is 2.23. The number of ether oxygens (including phenoxy) is 2. The SMILES string of the molecule is COCCNc1ccc(Cn2cc(-c3nc(-c4ccc(OC(C)(F)F)cc4)no3)cc2C)cn1. The Labute approximate surface area is 195 Å². The zero-order chi connectivity index (χ0) is 24.1. The number of halogens is 2. The molecule has 3 aromatic heterocycles. The molecule has 8 nitrogen and oxygen atoms in total. The van der Waals surface area contributed by atoms with Crippen molar-refractivity contribution in [2.45, 2.75) is 26.5 Å². The van der Waals surface area contributed by atoms with Gasteiger partial charge in [0.05, 0.1) is 12.2 Å². The summed E-state index contributed by atoms with van der Waals surface area (Å²) in [6.45, 7) is 4.64. The molecule has 10 heteroatoms. The van der Waals surface area contributed by atoms with Crippen LogP contribution in [-0.4, -0.2) is 46.1 Å². The maximum absolute atomic E-state index is 13.0. The van der Waals surface area contributed by atoms with Gasteiger partial charge in [-0.1, -0.05) is 11.2 Å². The average Bonchev–Trinajstić information content (AvgIpc) is 3.42. The van der Waals surface area contributed by atoms with Gasteiger partial charge in [0.15, 0.2) is 0 Å². The van der Waals surface area contributed by atoms with Crippen molar-refractivity contribution in [2.24, 2.45) is 0 Å². The van der Waals surface area contributed by atoms with Crippen molar-refractivity contribution in [1.82, 2.24) is 19.7 Å². The number of anilines is 1. The maximum atomic E-state index is 13.0. The molecule has 4 rings (SSSR count). The molecule has 0 bridgehead atoms. The van der Waals surface area contributed by atoms with Crippen molar-refractivity contribution in [1.29, 1.82) is 0 Å². The first kappa shape index (κ1) is 23.4. The number of nitrogens with zero attached hydrogens (tertiary/aromatic N) is 4. The van der Waals surface area contributed by atoms with E-state index in [4.69, 9.17) is 9.26 Å². The molecule has 0 unspecified atom stereocenters. The van der Waals surface area contributed by atoms with Crippen LogP contribution >= 0.6 is 0 Å². The summed E-state index contributed by atoms with van der Waals surface area (Å²) in [6, 6.07) is 12.0. The third kappa shape index (κ3) is 5.96. The molecule has 0 atom stereocenters. The van der Waals surface area contributed by atoms with Gasteiger partial charge >= 0.3 is 6.11 Å². The van der Waals surface area contributed by atoms with Crippen LogP contribution in [0.3, 0.4) is 0 Å². The lowest BCUT2D eigenvalue weighted by molar-refractivity contribution is -0.158. The topological polar surface area (TPSA) is 87.2 Å². The van der Waals surface area contributed by atoms with Crippen LogP contribution in [-0.2, 0) is 11.3 Å². The normalized spacial score (nSPS) is 11.6. The summed E-state index contributed by atoms with van der Waals surface area (Å²) in [6.07, 6.45) is 0.531. The molecule has 1 aromatic carbocycles. The van der Waals surface area contributed by atoms with Gasteiger partial charge < -0.3 is 23.9 Å². The van der Waals surface area contributed by atoms with Crippen LogP contribution in [0.4, 0.5) is 14.6 Å². The van der Waals surface area contributed by atoms with Gasteiger partial charge in [0.2, 0.25) is 5.82 Å². The summed E-state index contributed by atoms with van der Waals surface area (Å²) in [4.78, 5) is 8.89. The minimum absolute atomic E-state index is 0.0564. The molecule has 0 aliphatic carbocycles. The summed E-state index contributed by atoms with van der Waals surface area (Å²) >= 11 is 0. The Morgan fingerprint density at radius 2 is 1.91 bits per heavy atom. The van der Waals surface area contributed by atoms with E-state index in [0.29, 0.717) is 43.9 Å². The Hall–Kier alpha value is -3.79. The lowest BCUT2D eigenvalue weighted by Crippen LogP contribution is -2.18. The number of nitrogens with one attached hydrogen (secondary N) is 1. The summed E-state index contributed by atoms with van der Waals surface area (Å²) < 4.78 is 43.1. The van der Waals surface area contributed by atoms with Crippen molar-refractivity contribution in [3.63, 3.8) is 0 Å². The predicted octanol–water partition coefficient (Wildman–Crippen LogP) is 5.01. The standard InChI is InChI=1S/C24H25F2N5O3/c1-16-12-19(15-31(16)14-17-4-9-21(28-13-17)27-10-11-32-3)23-29-22(30-34-23)18-5-7-20(8-6-18)33-24(2,25)26/h4-9,12-13,15H,10-11,14H2,1-3H3,(H,27,28). The quantitative estimate of drug-likeness (QED) is 0.327. The van der Waals surface area contributed by atoms with Gasteiger partial charge in [-0.2, -0.15) is 13.8 Å². The smallest absolute Gasteiger partial charge is 0.394 e. The molecule has 0 aliphatic heterocycles. The molecule has 0 saturated heterocycles. The van der Waals surface area contributed by atoms with Gasteiger partial charge in [0.25, 0.3) is 5.89 Å². The van der Waals surface area contributed by atoms with Crippen LogP contribution in [0.25, 0.3) is 22.8 Å². The van der Waals surface area contributed by atoms with E-state index in [9.17, 15) is 8.78 Å². The van der Waals surface area contributed by atoms with Gasteiger partial charge in [-0.3, -0.25) is 0 Å². The number of aryl methyl sites for hydroxylation is 1. The molecule has 4 aromatic rings. The lowest BCUT2D eigenvalue weighted by atomic mass is 10.2. The van der Waals surface area contributed by atoms with E-state index in [1.807, 2.05) is 37.5 Å². The zero-order valence-corrected chi connectivity index (χ0v) is 19.1. The largest absolute Gasteiger partial charge is 0.433 e. The molecule has 1 N–H and O–H groups in total. The van der Waals surface area contributed by atoms with Gasteiger partial charge in [0, 0.05) is 50.8 Å². The Morgan fingerprint density at radius 1 is 1.12 bits per heavy atom.